The predicted octanol–water partition coefficient (Wildman–Crippen LogP) is 4.36. The van der Waals surface area contributed by atoms with Crippen LogP contribution < -0.4 is 4.90 Å². The van der Waals surface area contributed by atoms with E-state index in [1.807, 2.05) is 19.1 Å². The Morgan fingerprint density at radius 2 is 2.00 bits per heavy atom. The van der Waals surface area contributed by atoms with E-state index in [0.717, 1.165) is 29.7 Å². The highest BCUT2D eigenvalue weighted by Gasteiger charge is 2.30. The number of aromatic amines is 1. The van der Waals surface area contributed by atoms with Gasteiger partial charge in [-0.1, -0.05) is 11.6 Å². The second-order valence-corrected chi connectivity index (χ2v) is 7.07. The second kappa shape index (κ2) is 7.16. The van der Waals surface area contributed by atoms with Crippen molar-refractivity contribution in [2.24, 2.45) is 0 Å². The number of aryl methyl sites for hydroxylation is 3. The van der Waals surface area contributed by atoms with Crippen molar-refractivity contribution >= 4 is 29.2 Å². The monoisotopic (exact) mass is 374 g/mol. The van der Waals surface area contributed by atoms with Gasteiger partial charge in [-0.2, -0.15) is 0 Å². The molecule has 1 N–H and O–H groups in total. The van der Waals surface area contributed by atoms with Gasteiger partial charge in [0.15, 0.2) is 0 Å². The van der Waals surface area contributed by atoms with Crippen LogP contribution in [0, 0.1) is 20.8 Å². The maximum absolute atomic E-state index is 13.3. The number of fused-ring (bicyclic) bond motifs is 1. The first-order valence-electron chi connectivity index (χ1n) is 8.82. The minimum absolute atomic E-state index is 0.132. The van der Waals surface area contributed by atoms with E-state index in [2.05, 4.69) is 4.98 Å². The molecule has 1 aliphatic rings. The van der Waals surface area contributed by atoms with E-state index in [9.17, 15) is 9.59 Å². The number of anilines is 1. The average Bonchev–Trinajstić information content (AvgIpc) is 2.88. The molecule has 1 aliphatic heterocycles. The highest BCUT2D eigenvalue weighted by Crippen LogP contribution is 2.35. The fourth-order valence-electron chi connectivity index (χ4n) is 3.73. The smallest absolute Gasteiger partial charge is 0.340 e. The molecule has 0 atom stereocenters. The number of H-pyrrole nitrogens is 1. The molecule has 3 rings (SSSR count). The molecule has 0 saturated heterocycles. The molecular weight excluding hydrogens is 352 g/mol. The van der Waals surface area contributed by atoms with Crippen molar-refractivity contribution in [3.8, 4) is 0 Å². The fourth-order valence-corrected chi connectivity index (χ4v) is 4.03. The van der Waals surface area contributed by atoms with Gasteiger partial charge in [0, 0.05) is 17.3 Å². The number of benzene rings is 1. The Hall–Kier alpha value is -2.27. The number of carbonyl (C=O) groups is 2. The molecular formula is C20H23ClN2O3. The predicted molar refractivity (Wildman–Crippen MR) is 102 cm³/mol. The van der Waals surface area contributed by atoms with Gasteiger partial charge < -0.3 is 14.6 Å². The van der Waals surface area contributed by atoms with Gasteiger partial charge in [0.25, 0.3) is 5.91 Å². The minimum Gasteiger partial charge on any atom is -0.462 e. The van der Waals surface area contributed by atoms with E-state index in [-0.39, 0.29) is 5.91 Å². The summed E-state index contributed by atoms with van der Waals surface area (Å²) in [6.45, 7) is 8.23. The van der Waals surface area contributed by atoms with Crippen LogP contribution in [0.1, 0.15) is 56.6 Å². The van der Waals surface area contributed by atoms with Crippen LogP contribution in [0.3, 0.4) is 0 Å². The van der Waals surface area contributed by atoms with Crippen LogP contribution in [0.25, 0.3) is 0 Å². The first-order valence-corrected chi connectivity index (χ1v) is 9.20. The Bertz CT molecular complexity index is 886. The van der Waals surface area contributed by atoms with Gasteiger partial charge in [-0.3, -0.25) is 4.79 Å². The third kappa shape index (κ3) is 3.12. The van der Waals surface area contributed by atoms with Gasteiger partial charge in [0.2, 0.25) is 0 Å². The zero-order valence-electron chi connectivity index (χ0n) is 15.5. The summed E-state index contributed by atoms with van der Waals surface area (Å²) in [6.07, 6.45) is 1.78. The normalized spacial score (nSPS) is 13.5. The third-order valence-corrected chi connectivity index (χ3v) is 5.04. The van der Waals surface area contributed by atoms with Crippen LogP contribution in [0.5, 0.6) is 0 Å². The number of aromatic nitrogens is 1. The lowest BCUT2D eigenvalue weighted by molar-refractivity contribution is 0.0525. The summed E-state index contributed by atoms with van der Waals surface area (Å²) in [6, 6.07) is 3.81. The van der Waals surface area contributed by atoms with E-state index in [4.69, 9.17) is 16.3 Å². The molecule has 26 heavy (non-hydrogen) atoms. The summed E-state index contributed by atoms with van der Waals surface area (Å²) in [5, 5.41) is 0.687. The highest BCUT2D eigenvalue weighted by atomic mass is 35.5. The summed E-state index contributed by atoms with van der Waals surface area (Å²) >= 11 is 6.18. The van der Waals surface area contributed by atoms with Gasteiger partial charge in [-0.05, 0) is 69.4 Å². The zero-order chi connectivity index (χ0) is 19.0. The molecule has 2 aromatic rings. The van der Waals surface area contributed by atoms with Crippen molar-refractivity contribution in [3.63, 3.8) is 0 Å². The fraction of sp³-hybridized carbons (Fsp3) is 0.400. The van der Waals surface area contributed by atoms with Crippen LogP contribution in [0.15, 0.2) is 12.1 Å². The molecule has 1 amide bonds. The number of amides is 1. The molecule has 1 aromatic carbocycles. The summed E-state index contributed by atoms with van der Waals surface area (Å²) in [5.41, 5.74) is 5.15. The largest absolute Gasteiger partial charge is 0.462 e. The van der Waals surface area contributed by atoms with Gasteiger partial charge in [0.05, 0.1) is 17.9 Å². The molecule has 0 unspecified atom stereocenters. The number of carbonyl (C=O) groups excluding carboxylic acids is 2. The number of nitrogens with zero attached hydrogens (tertiary/aromatic N) is 1. The van der Waals surface area contributed by atoms with Crippen LogP contribution in [-0.4, -0.2) is 30.0 Å². The van der Waals surface area contributed by atoms with Crippen molar-refractivity contribution < 1.29 is 14.3 Å². The number of esters is 1. The van der Waals surface area contributed by atoms with Crippen molar-refractivity contribution in [1.82, 2.24) is 4.98 Å². The maximum Gasteiger partial charge on any atom is 0.340 e. The Kier molecular flexibility index (Phi) is 5.10. The van der Waals surface area contributed by atoms with E-state index in [1.54, 1.807) is 25.7 Å². The summed E-state index contributed by atoms with van der Waals surface area (Å²) in [7, 11) is 0. The Balaban J connectivity index is 2.03. The summed E-state index contributed by atoms with van der Waals surface area (Å²) in [4.78, 5) is 30.4. The van der Waals surface area contributed by atoms with Crippen LogP contribution in [0.2, 0.25) is 5.02 Å². The Labute approximate surface area is 158 Å². The Morgan fingerprint density at radius 1 is 1.27 bits per heavy atom. The second-order valence-electron chi connectivity index (χ2n) is 6.64. The SMILES string of the molecule is CCOC(=O)c1c(C)[nH]c(C(=O)N2CCCc3cc(Cl)cc(C)c32)c1C. The summed E-state index contributed by atoms with van der Waals surface area (Å²) in [5.74, 6) is -0.535. The maximum atomic E-state index is 13.3. The molecule has 0 bridgehead atoms. The van der Waals surface area contributed by atoms with Crippen molar-refractivity contribution in [2.45, 2.75) is 40.5 Å². The molecule has 0 fully saturated rings. The molecule has 0 saturated carbocycles. The molecule has 0 spiro atoms. The molecule has 138 valence electrons. The first-order chi connectivity index (χ1) is 12.3. The molecule has 1 aromatic heterocycles. The lowest BCUT2D eigenvalue weighted by atomic mass is 9.97. The van der Waals surface area contributed by atoms with Gasteiger partial charge in [-0.25, -0.2) is 4.79 Å². The van der Waals surface area contributed by atoms with Crippen molar-refractivity contribution in [3.05, 3.63) is 50.8 Å². The number of hydrogen-bond acceptors (Lipinski definition) is 3. The third-order valence-electron chi connectivity index (χ3n) is 4.82. The van der Waals surface area contributed by atoms with Crippen molar-refractivity contribution in [1.29, 1.82) is 0 Å². The van der Waals surface area contributed by atoms with Crippen LogP contribution >= 0.6 is 11.6 Å². The number of halogens is 1. The van der Waals surface area contributed by atoms with Crippen LogP contribution in [-0.2, 0) is 11.2 Å². The number of rotatable bonds is 3. The van der Waals surface area contributed by atoms with Gasteiger partial charge in [0.1, 0.15) is 5.69 Å². The lowest BCUT2D eigenvalue weighted by Crippen LogP contribution is -2.36. The Morgan fingerprint density at radius 3 is 2.69 bits per heavy atom. The number of hydrogen-bond donors (Lipinski definition) is 1. The molecule has 0 radical (unpaired) electrons. The van der Waals surface area contributed by atoms with Crippen LogP contribution in [0.4, 0.5) is 5.69 Å². The first kappa shape index (κ1) is 18.5. The van der Waals surface area contributed by atoms with Gasteiger partial charge >= 0.3 is 5.97 Å². The van der Waals surface area contributed by atoms with Crippen molar-refractivity contribution in [2.75, 3.05) is 18.1 Å². The lowest BCUT2D eigenvalue weighted by Gasteiger charge is -2.31. The zero-order valence-corrected chi connectivity index (χ0v) is 16.3. The highest BCUT2D eigenvalue weighted by molar-refractivity contribution is 6.31. The standard InChI is InChI=1S/C20H23ClN2O3/c1-5-26-20(25)16-12(3)17(22-13(16)4)19(24)23-8-6-7-14-10-15(21)9-11(2)18(14)23/h9-10,22H,5-8H2,1-4H3. The average molecular weight is 375 g/mol. The minimum atomic E-state index is -0.403. The molecule has 2 heterocycles. The molecule has 6 heteroatoms. The van der Waals surface area contributed by atoms with E-state index < -0.39 is 5.97 Å². The molecule has 5 nitrogen and oxygen atoms in total. The summed E-state index contributed by atoms with van der Waals surface area (Å²) < 4.78 is 5.12. The number of nitrogens with one attached hydrogen (secondary N) is 1. The van der Waals surface area contributed by atoms with E-state index >= 15 is 0 Å². The quantitative estimate of drug-likeness (QED) is 0.812. The molecule has 0 aliphatic carbocycles. The van der Waals surface area contributed by atoms with E-state index in [1.165, 1.54) is 0 Å². The number of ether oxygens (including phenoxy) is 1. The van der Waals surface area contributed by atoms with E-state index in [0.29, 0.717) is 40.7 Å². The topological polar surface area (TPSA) is 62.4 Å². The van der Waals surface area contributed by atoms with Gasteiger partial charge in [-0.15, -0.1) is 0 Å².